The molecule has 0 saturated carbocycles. The Morgan fingerprint density at radius 2 is 1.80 bits per heavy atom. The second-order valence-corrected chi connectivity index (χ2v) is 4.96. The van der Waals surface area contributed by atoms with Gasteiger partial charge in [-0.05, 0) is 35.6 Å². The molecule has 0 aliphatic rings. The minimum Gasteiger partial charge on any atom is -0.481 e. The van der Waals surface area contributed by atoms with Crippen LogP contribution in [0.1, 0.15) is 17.5 Å². The number of rotatable bonds is 5. The maximum absolute atomic E-state index is 10.6. The minimum atomic E-state index is -0.976. The molecule has 2 aromatic rings. The van der Waals surface area contributed by atoms with E-state index in [1.165, 1.54) is 0 Å². The predicted octanol–water partition coefficient (Wildman–Crippen LogP) is 3.04. The van der Waals surface area contributed by atoms with Gasteiger partial charge in [-0.15, -0.1) is 0 Å². The highest BCUT2D eigenvalue weighted by Gasteiger charge is 2.12. The molecule has 104 valence electrons. The monoisotopic (exact) mass is 270 g/mol. The Balaban J connectivity index is 2.16. The topological polar surface area (TPSA) is 57.5 Å². The summed E-state index contributed by atoms with van der Waals surface area (Å²) in [5.74, 6) is -0.976. The summed E-state index contributed by atoms with van der Waals surface area (Å²) < 4.78 is 0. The van der Waals surface area contributed by atoms with E-state index in [-0.39, 0.29) is 6.42 Å². The van der Waals surface area contributed by atoms with Crippen molar-refractivity contribution in [3.05, 3.63) is 59.7 Å². The number of carboxylic acids is 1. The summed E-state index contributed by atoms with van der Waals surface area (Å²) in [5.41, 5.74) is 4.32. The second-order valence-electron chi connectivity index (χ2n) is 4.96. The molecular weight excluding hydrogens is 252 g/mol. The van der Waals surface area contributed by atoms with Crippen LogP contribution in [-0.2, 0) is 11.2 Å². The molecular formula is C17H18O3. The predicted molar refractivity (Wildman–Crippen MR) is 78.6 cm³/mol. The smallest absolute Gasteiger partial charge is 0.305 e. The summed E-state index contributed by atoms with van der Waals surface area (Å²) in [6, 6.07) is 16.1. The van der Waals surface area contributed by atoms with Gasteiger partial charge < -0.3 is 10.2 Å². The number of aliphatic hydroxyl groups excluding tert-OH is 1. The van der Waals surface area contributed by atoms with Crippen LogP contribution in [0.25, 0.3) is 11.1 Å². The molecule has 2 N–H and O–H groups in total. The van der Waals surface area contributed by atoms with Gasteiger partial charge in [-0.1, -0.05) is 48.5 Å². The average Bonchev–Trinajstić information content (AvgIpc) is 2.41. The Morgan fingerprint density at radius 3 is 2.40 bits per heavy atom. The lowest BCUT2D eigenvalue weighted by molar-refractivity contribution is -0.139. The number of aliphatic carboxylic acids is 1. The number of carboxylic acid groups (broad SMARTS) is 1. The van der Waals surface area contributed by atoms with Crippen LogP contribution in [0.4, 0.5) is 0 Å². The van der Waals surface area contributed by atoms with E-state index in [1.807, 2.05) is 49.4 Å². The number of benzene rings is 2. The van der Waals surface area contributed by atoms with E-state index in [2.05, 4.69) is 6.07 Å². The number of aryl methyl sites for hydroxylation is 1. The molecule has 0 aliphatic carbocycles. The molecule has 3 heteroatoms. The Kier molecular flexibility index (Phi) is 4.53. The van der Waals surface area contributed by atoms with Gasteiger partial charge in [0, 0.05) is 0 Å². The van der Waals surface area contributed by atoms with Crippen LogP contribution in [0.15, 0.2) is 48.5 Å². The largest absolute Gasteiger partial charge is 0.481 e. The van der Waals surface area contributed by atoms with Crippen LogP contribution in [0.2, 0.25) is 0 Å². The summed E-state index contributed by atoms with van der Waals surface area (Å²) in [4.78, 5) is 10.6. The van der Waals surface area contributed by atoms with Crippen molar-refractivity contribution in [3.63, 3.8) is 0 Å². The van der Waals surface area contributed by atoms with Crippen molar-refractivity contribution in [3.8, 4) is 11.1 Å². The average molecular weight is 270 g/mol. The van der Waals surface area contributed by atoms with Gasteiger partial charge in [-0.25, -0.2) is 0 Å². The SMILES string of the molecule is Cc1cc(-c2ccccc2)ccc1C[C@@H](O)CC(=O)O. The van der Waals surface area contributed by atoms with Crippen molar-refractivity contribution in [2.75, 3.05) is 0 Å². The van der Waals surface area contributed by atoms with E-state index in [0.717, 1.165) is 22.3 Å². The van der Waals surface area contributed by atoms with Crippen LogP contribution in [0, 0.1) is 6.92 Å². The molecule has 0 unspecified atom stereocenters. The molecule has 0 aliphatic heterocycles. The Bertz CT molecular complexity index is 590. The lowest BCUT2D eigenvalue weighted by Crippen LogP contribution is -2.16. The Labute approximate surface area is 118 Å². The van der Waals surface area contributed by atoms with Gasteiger partial charge >= 0.3 is 5.97 Å². The van der Waals surface area contributed by atoms with E-state index < -0.39 is 12.1 Å². The van der Waals surface area contributed by atoms with Crippen LogP contribution in [-0.4, -0.2) is 22.3 Å². The zero-order valence-electron chi connectivity index (χ0n) is 11.4. The summed E-state index contributed by atoms with van der Waals surface area (Å²) in [7, 11) is 0. The molecule has 2 rings (SSSR count). The van der Waals surface area contributed by atoms with Gasteiger partial charge in [0.05, 0.1) is 12.5 Å². The van der Waals surface area contributed by atoms with Gasteiger partial charge in [-0.3, -0.25) is 4.79 Å². The van der Waals surface area contributed by atoms with E-state index >= 15 is 0 Å². The van der Waals surface area contributed by atoms with Crippen LogP contribution < -0.4 is 0 Å². The molecule has 3 nitrogen and oxygen atoms in total. The Morgan fingerprint density at radius 1 is 1.10 bits per heavy atom. The van der Waals surface area contributed by atoms with Crippen molar-refractivity contribution < 1.29 is 15.0 Å². The van der Waals surface area contributed by atoms with Crippen LogP contribution in [0.3, 0.4) is 0 Å². The van der Waals surface area contributed by atoms with E-state index in [1.54, 1.807) is 0 Å². The first-order chi connectivity index (χ1) is 9.56. The summed E-state index contributed by atoms with van der Waals surface area (Å²) in [6.07, 6.45) is -0.693. The molecule has 2 aromatic carbocycles. The standard InChI is InChI=1S/C17H18O3/c1-12-9-15(13-5-3-2-4-6-13)8-7-14(12)10-16(18)11-17(19)20/h2-9,16,18H,10-11H2,1H3,(H,19,20)/t16-/m1/s1. The summed E-state index contributed by atoms with van der Waals surface area (Å²) in [6.45, 7) is 1.98. The van der Waals surface area contributed by atoms with Crippen molar-refractivity contribution in [2.45, 2.75) is 25.9 Å². The maximum atomic E-state index is 10.6. The number of hydrogen-bond donors (Lipinski definition) is 2. The zero-order chi connectivity index (χ0) is 14.5. The lowest BCUT2D eigenvalue weighted by Gasteiger charge is -2.12. The first kappa shape index (κ1) is 14.3. The van der Waals surface area contributed by atoms with Crippen LogP contribution in [0.5, 0.6) is 0 Å². The van der Waals surface area contributed by atoms with Gasteiger partial charge in [0.25, 0.3) is 0 Å². The van der Waals surface area contributed by atoms with Crippen molar-refractivity contribution >= 4 is 5.97 Å². The minimum absolute atomic E-state index is 0.222. The third-order valence-electron chi connectivity index (χ3n) is 3.32. The fourth-order valence-electron chi connectivity index (χ4n) is 2.26. The molecule has 0 radical (unpaired) electrons. The molecule has 0 bridgehead atoms. The maximum Gasteiger partial charge on any atom is 0.305 e. The van der Waals surface area contributed by atoms with E-state index in [4.69, 9.17) is 5.11 Å². The van der Waals surface area contributed by atoms with Gasteiger partial charge in [-0.2, -0.15) is 0 Å². The summed E-state index contributed by atoms with van der Waals surface area (Å²) in [5, 5.41) is 18.4. The van der Waals surface area contributed by atoms with Crippen molar-refractivity contribution in [1.82, 2.24) is 0 Å². The fourth-order valence-corrected chi connectivity index (χ4v) is 2.26. The second kappa shape index (κ2) is 6.35. The lowest BCUT2D eigenvalue weighted by atomic mass is 9.96. The molecule has 0 heterocycles. The molecule has 0 fully saturated rings. The third kappa shape index (κ3) is 3.68. The number of hydrogen-bond acceptors (Lipinski definition) is 2. The van der Waals surface area contributed by atoms with E-state index in [0.29, 0.717) is 6.42 Å². The molecule has 0 amide bonds. The summed E-state index contributed by atoms with van der Waals surface area (Å²) >= 11 is 0. The van der Waals surface area contributed by atoms with Gasteiger partial charge in [0.15, 0.2) is 0 Å². The first-order valence-corrected chi connectivity index (χ1v) is 6.61. The normalized spacial score (nSPS) is 12.1. The highest BCUT2D eigenvalue weighted by molar-refractivity contribution is 5.67. The molecule has 20 heavy (non-hydrogen) atoms. The van der Waals surface area contributed by atoms with Crippen molar-refractivity contribution in [1.29, 1.82) is 0 Å². The quantitative estimate of drug-likeness (QED) is 0.878. The molecule has 0 saturated heterocycles. The number of aliphatic hydroxyl groups is 1. The van der Waals surface area contributed by atoms with E-state index in [9.17, 15) is 9.90 Å². The van der Waals surface area contributed by atoms with Crippen molar-refractivity contribution in [2.24, 2.45) is 0 Å². The number of carbonyl (C=O) groups is 1. The van der Waals surface area contributed by atoms with Crippen LogP contribution >= 0.6 is 0 Å². The third-order valence-corrected chi connectivity index (χ3v) is 3.32. The first-order valence-electron chi connectivity index (χ1n) is 6.61. The molecule has 0 spiro atoms. The fraction of sp³-hybridized carbons (Fsp3) is 0.235. The Hall–Kier alpha value is -2.13. The zero-order valence-corrected chi connectivity index (χ0v) is 11.4. The van der Waals surface area contributed by atoms with Gasteiger partial charge in [0.1, 0.15) is 0 Å². The molecule has 0 aromatic heterocycles. The van der Waals surface area contributed by atoms with Gasteiger partial charge in [0.2, 0.25) is 0 Å². The highest BCUT2D eigenvalue weighted by atomic mass is 16.4. The molecule has 1 atom stereocenters. The highest BCUT2D eigenvalue weighted by Crippen LogP contribution is 2.23.